The first kappa shape index (κ1) is 11.7. The molecule has 0 amide bonds. The van der Waals surface area contributed by atoms with Crippen LogP contribution in [0.5, 0.6) is 0 Å². The van der Waals surface area contributed by atoms with E-state index in [1.165, 1.54) is 0 Å². The number of hydrogen-bond donors (Lipinski definition) is 0. The molecule has 1 atom stereocenters. The summed E-state index contributed by atoms with van der Waals surface area (Å²) in [7, 11) is 0. The van der Waals surface area contributed by atoms with Gasteiger partial charge in [-0.15, -0.1) is 0 Å². The quantitative estimate of drug-likeness (QED) is 0.330. The number of carbonyl (C=O) groups is 1. The number of carbonyl (C=O) groups excluding carboxylic acids is 1. The minimum absolute atomic E-state index is 0. The summed E-state index contributed by atoms with van der Waals surface area (Å²) in [5.74, 6) is -0.198. The molecule has 5 heteroatoms. The molecule has 11 heavy (non-hydrogen) atoms. The summed E-state index contributed by atoms with van der Waals surface area (Å²) in [5, 5.41) is 10.1. The zero-order valence-corrected chi connectivity index (χ0v) is 5.58. The average Bonchev–Trinajstić information content (AvgIpc) is 1.88. The van der Waals surface area contributed by atoms with Gasteiger partial charge >= 0.3 is 51.4 Å². The average molecular weight is 183 g/mol. The van der Waals surface area contributed by atoms with E-state index in [1.54, 1.807) is 0 Å². The molecule has 1 rings (SSSR count). The molecule has 0 bridgehead atoms. The van der Waals surface area contributed by atoms with Crippen LogP contribution in [0.4, 0.5) is 0 Å². The predicted molar refractivity (Wildman–Crippen MR) is 41.4 cm³/mol. The molecule has 0 spiro atoms. The molecule has 1 aliphatic carbocycles. The van der Waals surface area contributed by atoms with Crippen LogP contribution in [0.25, 0.3) is 0 Å². The minimum atomic E-state index is -0.895. The first-order chi connectivity index (χ1) is 4.72. The summed E-state index contributed by atoms with van der Waals surface area (Å²) in [6.45, 7) is 0. The van der Waals surface area contributed by atoms with Gasteiger partial charge in [-0.05, 0) is 12.8 Å². The molecular formula is C6H10KNO3. The van der Waals surface area contributed by atoms with E-state index < -0.39 is 11.0 Å². The molecule has 0 saturated heterocycles. The summed E-state index contributed by atoms with van der Waals surface area (Å²) >= 11 is 0. The Morgan fingerprint density at radius 3 is 2.45 bits per heavy atom. The summed E-state index contributed by atoms with van der Waals surface area (Å²) in [6, 6.07) is -0.895. The zero-order valence-electron chi connectivity index (χ0n) is 5.58. The topological polar surface area (TPSA) is 60.2 Å². The van der Waals surface area contributed by atoms with Crippen molar-refractivity contribution in [1.82, 2.24) is 0 Å². The molecule has 0 heterocycles. The molecule has 0 N–H and O–H groups in total. The molecule has 0 aromatic heterocycles. The van der Waals surface area contributed by atoms with Crippen LogP contribution in [0.2, 0.25) is 0 Å². The Labute approximate surface area is 107 Å². The molecule has 0 aromatic carbocycles. The summed E-state index contributed by atoms with van der Waals surface area (Å²) in [5.41, 5.74) is 0. The number of nitro groups is 1. The number of ketones is 1. The summed E-state index contributed by atoms with van der Waals surface area (Å²) in [4.78, 5) is 20.5. The van der Waals surface area contributed by atoms with Crippen molar-refractivity contribution in [3.63, 3.8) is 0 Å². The third kappa shape index (κ3) is 3.29. The Morgan fingerprint density at radius 1 is 1.45 bits per heavy atom. The third-order valence-corrected chi connectivity index (χ3v) is 1.78. The maximum atomic E-state index is 10.8. The van der Waals surface area contributed by atoms with Gasteiger partial charge < -0.3 is 0 Å². The van der Waals surface area contributed by atoms with Gasteiger partial charge in [-0.25, -0.2) is 0 Å². The van der Waals surface area contributed by atoms with Gasteiger partial charge in [0.1, 0.15) is 0 Å². The fourth-order valence-corrected chi connectivity index (χ4v) is 1.19. The van der Waals surface area contributed by atoms with E-state index in [-0.39, 0.29) is 57.2 Å². The Hall–Kier alpha value is 0.706. The van der Waals surface area contributed by atoms with Gasteiger partial charge in [-0.3, -0.25) is 14.9 Å². The molecule has 0 aromatic rings. The molecule has 0 radical (unpaired) electrons. The number of nitrogens with zero attached hydrogens (tertiary/aromatic N) is 1. The first-order valence-electron chi connectivity index (χ1n) is 3.38. The third-order valence-electron chi connectivity index (χ3n) is 1.78. The van der Waals surface area contributed by atoms with Crippen LogP contribution in [0.3, 0.4) is 0 Å². The molecule has 1 unspecified atom stereocenters. The summed E-state index contributed by atoms with van der Waals surface area (Å²) < 4.78 is 0. The molecule has 58 valence electrons. The molecule has 1 saturated carbocycles. The standard InChI is InChI=1S/C6H9NO3.K.H/c8-6-4-2-1-3-5(6)7(9)10;;/h5H,1-4H2;;. The SMILES string of the molecule is O=C1CCCCC1[N+](=O)[O-].[KH]. The fraction of sp³-hybridized carbons (Fsp3) is 0.833. The van der Waals surface area contributed by atoms with Gasteiger partial charge in [0.05, 0.1) is 0 Å². The Balaban J connectivity index is 0.000001000. The van der Waals surface area contributed by atoms with Gasteiger partial charge in [0.2, 0.25) is 5.78 Å². The number of Topliss-reactive ketones (excluding diaryl/α,β-unsaturated/α-hetero) is 1. The first-order valence-corrected chi connectivity index (χ1v) is 3.38. The second kappa shape index (κ2) is 5.37. The van der Waals surface area contributed by atoms with E-state index >= 15 is 0 Å². The van der Waals surface area contributed by atoms with E-state index in [1.807, 2.05) is 0 Å². The van der Waals surface area contributed by atoms with Crippen molar-refractivity contribution in [2.24, 2.45) is 0 Å². The summed E-state index contributed by atoms with van der Waals surface area (Å²) in [6.07, 6.45) is 2.47. The molecule has 1 fully saturated rings. The fourth-order valence-electron chi connectivity index (χ4n) is 1.19. The Kier molecular flexibility index (Phi) is 5.71. The predicted octanol–water partition coefficient (Wildman–Crippen LogP) is 0.126. The molecule has 0 aliphatic heterocycles. The van der Waals surface area contributed by atoms with Gasteiger partial charge in [-0.2, -0.15) is 0 Å². The maximum absolute atomic E-state index is 10.8. The van der Waals surface area contributed by atoms with Crippen LogP contribution >= 0.6 is 0 Å². The van der Waals surface area contributed by atoms with Gasteiger partial charge in [0.15, 0.2) is 0 Å². The Morgan fingerprint density at radius 2 is 2.09 bits per heavy atom. The van der Waals surface area contributed by atoms with Crippen LogP contribution in [0.1, 0.15) is 25.7 Å². The zero-order chi connectivity index (χ0) is 7.56. The van der Waals surface area contributed by atoms with Gasteiger partial charge in [0.25, 0.3) is 6.04 Å². The number of rotatable bonds is 1. The van der Waals surface area contributed by atoms with Crippen LogP contribution in [-0.2, 0) is 4.79 Å². The van der Waals surface area contributed by atoms with Crippen molar-refractivity contribution in [2.45, 2.75) is 31.7 Å². The van der Waals surface area contributed by atoms with E-state index in [0.29, 0.717) is 12.8 Å². The normalized spacial score (nSPS) is 24.0. The second-order valence-electron chi connectivity index (χ2n) is 2.51. The number of hydrogen-bond acceptors (Lipinski definition) is 3. The monoisotopic (exact) mass is 183 g/mol. The second-order valence-corrected chi connectivity index (χ2v) is 2.51. The van der Waals surface area contributed by atoms with Crippen LogP contribution in [0.15, 0.2) is 0 Å². The van der Waals surface area contributed by atoms with E-state index in [0.717, 1.165) is 12.8 Å². The molecule has 4 nitrogen and oxygen atoms in total. The molecular weight excluding hydrogens is 173 g/mol. The van der Waals surface area contributed by atoms with E-state index in [9.17, 15) is 14.9 Å². The van der Waals surface area contributed by atoms with Crippen molar-refractivity contribution < 1.29 is 9.72 Å². The van der Waals surface area contributed by atoms with Gasteiger partial charge in [0, 0.05) is 17.8 Å². The van der Waals surface area contributed by atoms with Crippen molar-refractivity contribution in [1.29, 1.82) is 0 Å². The van der Waals surface area contributed by atoms with Crippen LogP contribution in [0, 0.1) is 10.1 Å². The van der Waals surface area contributed by atoms with Crippen molar-refractivity contribution in [3.05, 3.63) is 10.1 Å². The van der Waals surface area contributed by atoms with E-state index in [2.05, 4.69) is 0 Å². The van der Waals surface area contributed by atoms with Crippen molar-refractivity contribution in [3.8, 4) is 0 Å². The van der Waals surface area contributed by atoms with Crippen LogP contribution in [-0.4, -0.2) is 68.1 Å². The van der Waals surface area contributed by atoms with Crippen molar-refractivity contribution in [2.75, 3.05) is 0 Å². The van der Waals surface area contributed by atoms with E-state index in [4.69, 9.17) is 0 Å². The molecule has 1 aliphatic rings. The van der Waals surface area contributed by atoms with Crippen molar-refractivity contribution >= 4 is 57.2 Å². The van der Waals surface area contributed by atoms with Crippen LogP contribution < -0.4 is 0 Å². The Bertz CT molecular complexity index is 171. The van der Waals surface area contributed by atoms with Gasteiger partial charge in [-0.1, -0.05) is 0 Å².